The Bertz CT molecular complexity index is 674. The number of hydrogen-bond donors (Lipinski definition) is 1. The predicted octanol–water partition coefficient (Wildman–Crippen LogP) is 3.18. The Hall–Kier alpha value is -1.85. The van der Waals surface area contributed by atoms with Crippen LogP contribution in [0.5, 0.6) is 0 Å². The highest BCUT2D eigenvalue weighted by molar-refractivity contribution is 5.96. The van der Waals surface area contributed by atoms with Gasteiger partial charge in [0.05, 0.1) is 12.7 Å². The van der Waals surface area contributed by atoms with Crippen LogP contribution in [0.4, 0.5) is 5.69 Å². The maximum absolute atomic E-state index is 12.2. The van der Waals surface area contributed by atoms with Crippen molar-refractivity contribution in [1.29, 1.82) is 0 Å². The fraction of sp³-hybridized carbons (Fsp3) is 0.500. The van der Waals surface area contributed by atoms with Crippen molar-refractivity contribution in [3.05, 3.63) is 30.5 Å². The molecule has 1 N–H and O–H groups in total. The first-order chi connectivity index (χ1) is 11.2. The normalized spacial score (nSPS) is 19.1. The van der Waals surface area contributed by atoms with Gasteiger partial charge in [0.25, 0.3) is 5.91 Å². The van der Waals surface area contributed by atoms with Gasteiger partial charge in [-0.25, -0.2) is 0 Å². The SMILES string of the molecule is CCn1ccc2cc(NC(=O)[C@@H](C)OC[C@H]3CCCO3)ccc21. The number of amides is 1. The Morgan fingerprint density at radius 3 is 3.09 bits per heavy atom. The third kappa shape index (κ3) is 3.74. The number of aromatic nitrogens is 1. The molecule has 1 aromatic carbocycles. The van der Waals surface area contributed by atoms with Gasteiger partial charge in [-0.2, -0.15) is 0 Å². The van der Waals surface area contributed by atoms with E-state index >= 15 is 0 Å². The van der Waals surface area contributed by atoms with Crippen LogP contribution in [0.15, 0.2) is 30.5 Å². The van der Waals surface area contributed by atoms with Gasteiger partial charge in [0, 0.05) is 35.9 Å². The molecule has 1 aliphatic heterocycles. The van der Waals surface area contributed by atoms with E-state index < -0.39 is 6.10 Å². The monoisotopic (exact) mass is 316 g/mol. The summed E-state index contributed by atoms with van der Waals surface area (Å²) < 4.78 is 13.3. The van der Waals surface area contributed by atoms with Gasteiger partial charge < -0.3 is 19.4 Å². The number of nitrogens with zero attached hydrogens (tertiary/aromatic N) is 1. The number of hydrogen-bond acceptors (Lipinski definition) is 3. The highest BCUT2D eigenvalue weighted by Crippen LogP contribution is 2.21. The molecule has 5 nitrogen and oxygen atoms in total. The molecule has 1 saturated heterocycles. The second-order valence-electron chi connectivity index (χ2n) is 5.98. The molecule has 2 heterocycles. The lowest BCUT2D eigenvalue weighted by atomic mass is 10.2. The Balaban J connectivity index is 1.58. The molecule has 1 amide bonds. The number of carbonyl (C=O) groups is 1. The zero-order valence-electron chi connectivity index (χ0n) is 13.7. The number of ether oxygens (including phenoxy) is 2. The van der Waals surface area contributed by atoms with Crippen molar-refractivity contribution in [2.45, 2.75) is 45.4 Å². The van der Waals surface area contributed by atoms with E-state index in [0.29, 0.717) is 6.61 Å². The fourth-order valence-corrected chi connectivity index (χ4v) is 2.90. The molecule has 2 atom stereocenters. The summed E-state index contributed by atoms with van der Waals surface area (Å²) in [5, 5.41) is 4.05. The minimum Gasteiger partial charge on any atom is -0.376 e. The van der Waals surface area contributed by atoms with Gasteiger partial charge >= 0.3 is 0 Å². The average Bonchev–Trinajstić information content (AvgIpc) is 3.21. The van der Waals surface area contributed by atoms with Crippen LogP contribution in [0, 0.1) is 0 Å². The summed E-state index contributed by atoms with van der Waals surface area (Å²) in [6, 6.07) is 8.02. The summed E-state index contributed by atoms with van der Waals surface area (Å²) in [4.78, 5) is 12.2. The maximum atomic E-state index is 12.2. The first-order valence-corrected chi connectivity index (χ1v) is 8.30. The lowest BCUT2D eigenvalue weighted by Gasteiger charge is -2.16. The van der Waals surface area contributed by atoms with Crippen LogP contribution in [-0.2, 0) is 20.8 Å². The second-order valence-corrected chi connectivity index (χ2v) is 5.98. The number of fused-ring (bicyclic) bond motifs is 1. The fourth-order valence-electron chi connectivity index (χ4n) is 2.90. The van der Waals surface area contributed by atoms with Crippen molar-refractivity contribution in [3.63, 3.8) is 0 Å². The van der Waals surface area contributed by atoms with Gasteiger partial charge in [0.15, 0.2) is 0 Å². The number of rotatable bonds is 6. The Morgan fingerprint density at radius 1 is 1.48 bits per heavy atom. The third-order valence-corrected chi connectivity index (χ3v) is 4.30. The van der Waals surface area contributed by atoms with Gasteiger partial charge in [-0.3, -0.25) is 4.79 Å². The highest BCUT2D eigenvalue weighted by atomic mass is 16.5. The van der Waals surface area contributed by atoms with Crippen molar-refractivity contribution in [3.8, 4) is 0 Å². The summed E-state index contributed by atoms with van der Waals surface area (Å²) in [5.74, 6) is -0.128. The Labute approximate surface area is 136 Å². The van der Waals surface area contributed by atoms with Gasteiger partial charge in [-0.05, 0) is 51.0 Å². The van der Waals surface area contributed by atoms with E-state index in [9.17, 15) is 4.79 Å². The van der Waals surface area contributed by atoms with E-state index in [4.69, 9.17) is 9.47 Å². The van der Waals surface area contributed by atoms with Crippen LogP contribution in [0.25, 0.3) is 10.9 Å². The van der Waals surface area contributed by atoms with E-state index in [1.54, 1.807) is 6.92 Å². The van der Waals surface area contributed by atoms with Gasteiger partial charge in [0.2, 0.25) is 0 Å². The number of aryl methyl sites for hydroxylation is 1. The molecule has 0 spiro atoms. The maximum Gasteiger partial charge on any atom is 0.253 e. The number of anilines is 1. The van der Waals surface area contributed by atoms with E-state index in [-0.39, 0.29) is 12.0 Å². The zero-order valence-corrected chi connectivity index (χ0v) is 13.7. The van der Waals surface area contributed by atoms with Crippen molar-refractivity contribution in [2.75, 3.05) is 18.5 Å². The molecule has 0 saturated carbocycles. The van der Waals surface area contributed by atoms with Gasteiger partial charge in [0.1, 0.15) is 6.10 Å². The number of nitrogens with one attached hydrogen (secondary N) is 1. The molecule has 0 aliphatic carbocycles. The first kappa shape index (κ1) is 16.0. The Kier molecular flexibility index (Phi) is 4.98. The third-order valence-electron chi connectivity index (χ3n) is 4.30. The molecule has 0 radical (unpaired) electrons. The van der Waals surface area contributed by atoms with Gasteiger partial charge in [-0.1, -0.05) is 0 Å². The van der Waals surface area contributed by atoms with E-state index in [0.717, 1.165) is 37.1 Å². The van der Waals surface area contributed by atoms with E-state index in [1.807, 2.05) is 18.2 Å². The van der Waals surface area contributed by atoms with Crippen LogP contribution in [0.3, 0.4) is 0 Å². The summed E-state index contributed by atoms with van der Waals surface area (Å²) in [5.41, 5.74) is 1.97. The van der Waals surface area contributed by atoms with Crippen LogP contribution in [0.2, 0.25) is 0 Å². The molecular formula is C18H24N2O3. The lowest BCUT2D eigenvalue weighted by Crippen LogP contribution is -2.30. The number of carbonyl (C=O) groups excluding carboxylic acids is 1. The molecule has 0 unspecified atom stereocenters. The molecule has 2 aromatic rings. The molecule has 3 rings (SSSR count). The Morgan fingerprint density at radius 2 is 2.35 bits per heavy atom. The second kappa shape index (κ2) is 7.15. The predicted molar refractivity (Wildman–Crippen MR) is 90.6 cm³/mol. The highest BCUT2D eigenvalue weighted by Gasteiger charge is 2.20. The van der Waals surface area contributed by atoms with Crippen LogP contribution >= 0.6 is 0 Å². The number of benzene rings is 1. The van der Waals surface area contributed by atoms with E-state index in [2.05, 4.69) is 29.1 Å². The molecule has 0 bridgehead atoms. The molecule has 124 valence electrons. The van der Waals surface area contributed by atoms with Crippen LogP contribution in [0.1, 0.15) is 26.7 Å². The first-order valence-electron chi connectivity index (χ1n) is 8.30. The average molecular weight is 316 g/mol. The van der Waals surface area contributed by atoms with Gasteiger partial charge in [-0.15, -0.1) is 0 Å². The lowest BCUT2D eigenvalue weighted by molar-refractivity contribution is -0.128. The van der Waals surface area contributed by atoms with Crippen molar-refractivity contribution < 1.29 is 14.3 Å². The molecule has 23 heavy (non-hydrogen) atoms. The summed E-state index contributed by atoms with van der Waals surface area (Å²) in [6.45, 7) is 6.10. The van der Waals surface area contributed by atoms with Crippen LogP contribution < -0.4 is 5.32 Å². The molecular weight excluding hydrogens is 292 g/mol. The summed E-state index contributed by atoms with van der Waals surface area (Å²) in [7, 11) is 0. The minimum absolute atomic E-state index is 0.128. The molecule has 1 aliphatic rings. The van der Waals surface area contributed by atoms with Crippen LogP contribution in [-0.4, -0.2) is 35.9 Å². The minimum atomic E-state index is -0.491. The van der Waals surface area contributed by atoms with E-state index in [1.165, 1.54) is 5.52 Å². The smallest absolute Gasteiger partial charge is 0.253 e. The molecule has 1 aromatic heterocycles. The summed E-state index contributed by atoms with van der Waals surface area (Å²) >= 11 is 0. The molecule has 5 heteroatoms. The molecule has 1 fully saturated rings. The standard InChI is InChI=1S/C18H24N2O3/c1-3-20-9-8-14-11-15(6-7-17(14)20)19-18(21)13(2)23-12-16-5-4-10-22-16/h6-9,11,13,16H,3-5,10,12H2,1-2H3,(H,19,21)/t13-,16-/m1/s1. The van der Waals surface area contributed by atoms with Crippen molar-refractivity contribution in [1.82, 2.24) is 4.57 Å². The van der Waals surface area contributed by atoms with Crippen molar-refractivity contribution >= 4 is 22.5 Å². The quantitative estimate of drug-likeness (QED) is 0.890. The van der Waals surface area contributed by atoms with Crippen molar-refractivity contribution in [2.24, 2.45) is 0 Å². The topological polar surface area (TPSA) is 52.5 Å². The largest absolute Gasteiger partial charge is 0.376 e. The zero-order chi connectivity index (χ0) is 16.2. The summed E-state index contributed by atoms with van der Waals surface area (Å²) in [6.07, 6.45) is 3.79.